The summed E-state index contributed by atoms with van der Waals surface area (Å²) in [5.41, 5.74) is 4.88. The zero-order valence-corrected chi connectivity index (χ0v) is 11.9. The summed E-state index contributed by atoms with van der Waals surface area (Å²) < 4.78 is 0. The average molecular weight is 265 g/mol. The highest BCUT2D eigenvalue weighted by Crippen LogP contribution is 2.29. The molecule has 0 spiro atoms. The van der Waals surface area contributed by atoms with E-state index in [0.717, 1.165) is 12.2 Å². The second kappa shape index (κ2) is 5.51. The summed E-state index contributed by atoms with van der Waals surface area (Å²) in [5.74, 6) is 0. The van der Waals surface area contributed by atoms with Gasteiger partial charge in [0.1, 0.15) is 6.10 Å². The molecule has 0 saturated carbocycles. The molecule has 0 amide bonds. The van der Waals surface area contributed by atoms with Crippen molar-refractivity contribution in [2.75, 3.05) is 11.6 Å². The number of aryl methyl sites for hydroxylation is 1. The molecule has 102 valence electrons. The molecule has 1 aliphatic heterocycles. The van der Waals surface area contributed by atoms with Crippen LogP contribution in [0.5, 0.6) is 0 Å². The van der Waals surface area contributed by atoms with Crippen LogP contribution in [0.2, 0.25) is 0 Å². The first kappa shape index (κ1) is 12.9. The zero-order valence-electron chi connectivity index (χ0n) is 11.9. The maximum atomic E-state index is 6.13. The van der Waals surface area contributed by atoms with E-state index in [-0.39, 0.29) is 6.10 Å². The van der Waals surface area contributed by atoms with Crippen molar-refractivity contribution >= 4 is 5.69 Å². The van der Waals surface area contributed by atoms with Gasteiger partial charge in [-0.15, -0.1) is 0 Å². The summed E-state index contributed by atoms with van der Waals surface area (Å²) in [5, 5.41) is 1.97. The normalized spacial score (nSPS) is 18.8. The molecule has 2 nitrogen and oxygen atoms in total. The van der Waals surface area contributed by atoms with E-state index >= 15 is 0 Å². The molecule has 0 bridgehead atoms. The fraction of sp³-hybridized carbons (Fsp3) is 0.222. The molecule has 1 heterocycles. The lowest BCUT2D eigenvalue weighted by atomic mass is 10.0. The summed E-state index contributed by atoms with van der Waals surface area (Å²) in [4.78, 5) is 6.13. The first-order chi connectivity index (χ1) is 9.72. The third-order valence-electron chi connectivity index (χ3n) is 3.52. The van der Waals surface area contributed by atoms with Crippen LogP contribution in [-0.4, -0.2) is 6.54 Å². The molecule has 0 saturated heterocycles. The van der Waals surface area contributed by atoms with Gasteiger partial charge in [-0.25, -0.2) is 5.06 Å². The van der Waals surface area contributed by atoms with Gasteiger partial charge in [0.15, 0.2) is 0 Å². The molecule has 0 radical (unpaired) electrons. The zero-order chi connectivity index (χ0) is 13.9. The van der Waals surface area contributed by atoms with Crippen LogP contribution < -0.4 is 5.06 Å². The van der Waals surface area contributed by atoms with E-state index < -0.39 is 0 Å². The van der Waals surface area contributed by atoms with Gasteiger partial charge in [0, 0.05) is 0 Å². The van der Waals surface area contributed by atoms with E-state index in [1.54, 1.807) is 0 Å². The summed E-state index contributed by atoms with van der Waals surface area (Å²) in [6, 6.07) is 18.8. The Hall–Kier alpha value is -2.06. The van der Waals surface area contributed by atoms with Gasteiger partial charge in [0.25, 0.3) is 0 Å². The summed E-state index contributed by atoms with van der Waals surface area (Å²) in [6.07, 6.45) is 2.19. The Morgan fingerprint density at radius 1 is 0.950 bits per heavy atom. The minimum Gasteiger partial charge on any atom is -0.261 e. The van der Waals surface area contributed by atoms with E-state index in [0.29, 0.717) is 0 Å². The Bertz CT molecular complexity index is 601. The average Bonchev–Trinajstić information content (AvgIpc) is 2.48. The minimum absolute atomic E-state index is 0.00967. The van der Waals surface area contributed by atoms with Crippen molar-refractivity contribution in [1.82, 2.24) is 0 Å². The third-order valence-corrected chi connectivity index (χ3v) is 3.52. The predicted octanol–water partition coefficient (Wildman–Crippen LogP) is 4.43. The number of anilines is 1. The molecule has 2 aromatic rings. The molecule has 3 rings (SSSR count). The lowest BCUT2D eigenvalue weighted by molar-refractivity contribution is 0.0558. The molecule has 1 aliphatic rings. The Morgan fingerprint density at radius 2 is 1.65 bits per heavy atom. The standard InChI is InChI=1S/C18H19NO/c1-14-8-10-16(11-9-14)18-12-15(2)13-19(20-18)17-6-4-3-5-7-17/h3-12,18H,13H2,1-2H3. The van der Waals surface area contributed by atoms with Crippen LogP contribution in [0.3, 0.4) is 0 Å². The Balaban J connectivity index is 1.86. The van der Waals surface area contributed by atoms with Crippen LogP contribution in [-0.2, 0) is 4.84 Å². The molecule has 1 unspecified atom stereocenters. The molecule has 0 fully saturated rings. The van der Waals surface area contributed by atoms with Crippen LogP contribution >= 0.6 is 0 Å². The van der Waals surface area contributed by atoms with Gasteiger partial charge < -0.3 is 0 Å². The molecular formula is C18H19NO. The highest BCUT2D eigenvalue weighted by molar-refractivity contribution is 5.46. The first-order valence-corrected chi connectivity index (χ1v) is 6.95. The van der Waals surface area contributed by atoms with Gasteiger partial charge in [0.2, 0.25) is 0 Å². The monoisotopic (exact) mass is 265 g/mol. The summed E-state index contributed by atoms with van der Waals surface area (Å²) in [7, 11) is 0. The second-order valence-electron chi connectivity index (χ2n) is 5.32. The molecule has 20 heavy (non-hydrogen) atoms. The van der Waals surface area contributed by atoms with Gasteiger partial charge in [-0.3, -0.25) is 4.84 Å². The molecule has 0 N–H and O–H groups in total. The number of benzene rings is 2. The van der Waals surface area contributed by atoms with Gasteiger partial charge in [0.05, 0.1) is 12.2 Å². The van der Waals surface area contributed by atoms with E-state index in [2.05, 4.69) is 56.3 Å². The van der Waals surface area contributed by atoms with Crippen molar-refractivity contribution in [3.63, 3.8) is 0 Å². The highest BCUT2D eigenvalue weighted by Gasteiger charge is 2.21. The van der Waals surface area contributed by atoms with E-state index in [4.69, 9.17) is 4.84 Å². The lowest BCUT2D eigenvalue weighted by Gasteiger charge is -2.32. The van der Waals surface area contributed by atoms with Crippen LogP contribution in [0.1, 0.15) is 24.2 Å². The van der Waals surface area contributed by atoms with Crippen molar-refractivity contribution in [1.29, 1.82) is 0 Å². The van der Waals surface area contributed by atoms with Gasteiger partial charge in [-0.2, -0.15) is 0 Å². The predicted molar refractivity (Wildman–Crippen MR) is 82.6 cm³/mol. The number of para-hydroxylation sites is 1. The maximum Gasteiger partial charge on any atom is 0.129 e. The lowest BCUT2D eigenvalue weighted by Crippen LogP contribution is -2.31. The second-order valence-corrected chi connectivity index (χ2v) is 5.32. The molecule has 0 aromatic heterocycles. The quantitative estimate of drug-likeness (QED) is 0.745. The maximum absolute atomic E-state index is 6.13. The number of rotatable bonds is 2. The van der Waals surface area contributed by atoms with Gasteiger partial charge in [-0.05, 0) is 37.6 Å². The number of hydrogen-bond acceptors (Lipinski definition) is 2. The molecule has 1 atom stereocenters. The number of hydrogen-bond donors (Lipinski definition) is 0. The summed E-state index contributed by atoms with van der Waals surface area (Å²) >= 11 is 0. The Morgan fingerprint density at radius 3 is 2.35 bits per heavy atom. The smallest absolute Gasteiger partial charge is 0.129 e. The van der Waals surface area contributed by atoms with Crippen LogP contribution in [0.25, 0.3) is 0 Å². The first-order valence-electron chi connectivity index (χ1n) is 6.95. The van der Waals surface area contributed by atoms with Crippen molar-refractivity contribution < 1.29 is 4.84 Å². The molecule has 2 aromatic carbocycles. The van der Waals surface area contributed by atoms with Crippen molar-refractivity contribution in [2.45, 2.75) is 20.0 Å². The molecular weight excluding hydrogens is 246 g/mol. The highest BCUT2D eigenvalue weighted by atomic mass is 16.7. The number of nitrogens with zero attached hydrogens (tertiary/aromatic N) is 1. The van der Waals surface area contributed by atoms with Crippen molar-refractivity contribution in [2.24, 2.45) is 0 Å². The van der Waals surface area contributed by atoms with Crippen LogP contribution in [0.4, 0.5) is 5.69 Å². The fourth-order valence-electron chi connectivity index (χ4n) is 2.40. The largest absolute Gasteiger partial charge is 0.261 e. The summed E-state index contributed by atoms with van der Waals surface area (Å²) in [6.45, 7) is 5.06. The Labute approximate surface area is 120 Å². The van der Waals surface area contributed by atoms with Crippen molar-refractivity contribution in [3.8, 4) is 0 Å². The van der Waals surface area contributed by atoms with Crippen LogP contribution in [0, 0.1) is 6.92 Å². The van der Waals surface area contributed by atoms with E-state index in [1.165, 1.54) is 16.7 Å². The minimum atomic E-state index is -0.00967. The fourth-order valence-corrected chi connectivity index (χ4v) is 2.40. The molecule has 2 heteroatoms. The van der Waals surface area contributed by atoms with E-state index in [9.17, 15) is 0 Å². The Kier molecular flexibility index (Phi) is 3.57. The number of hydroxylamine groups is 1. The topological polar surface area (TPSA) is 12.5 Å². The van der Waals surface area contributed by atoms with Gasteiger partial charge in [-0.1, -0.05) is 53.6 Å². The SMILES string of the molecule is CC1=CC(c2ccc(C)cc2)ON(c2ccccc2)C1. The van der Waals surface area contributed by atoms with Crippen molar-refractivity contribution in [3.05, 3.63) is 77.4 Å². The van der Waals surface area contributed by atoms with Crippen LogP contribution in [0.15, 0.2) is 66.2 Å². The van der Waals surface area contributed by atoms with E-state index in [1.807, 2.05) is 23.3 Å². The van der Waals surface area contributed by atoms with Gasteiger partial charge >= 0.3 is 0 Å². The third kappa shape index (κ3) is 2.75. The molecule has 0 aliphatic carbocycles.